The number of methoxy groups -OCH3 is 1. The van der Waals surface area contributed by atoms with Gasteiger partial charge in [0.2, 0.25) is 0 Å². The number of esters is 1. The van der Waals surface area contributed by atoms with Crippen molar-refractivity contribution < 1.29 is 23.1 Å². The molecule has 0 aliphatic rings. The van der Waals surface area contributed by atoms with E-state index in [0.717, 1.165) is 51.1 Å². The number of rotatable bonds is 11. The summed E-state index contributed by atoms with van der Waals surface area (Å²) in [5, 5.41) is 1.05. The van der Waals surface area contributed by atoms with Crippen molar-refractivity contribution in [1.82, 2.24) is 4.57 Å². The highest BCUT2D eigenvalue weighted by Gasteiger charge is 2.38. The lowest BCUT2D eigenvalue weighted by molar-refractivity contribution is 0.0600. The van der Waals surface area contributed by atoms with Gasteiger partial charge in [-0.2, -0.15) is 0 Å². The maximum atomic E-state index is 14.3. The fourth-order valence-corrected chi connectivity index (χ4v) is 6.78. The molecule has 0 aliphatic carbocycles. The molecule has 0 aliphatic heterocycles. The van der Waals surface area contributed by atoms with Crippen LogP contribution in [0.5, 0.6) is 5.75 Å². The number of aromatic nitrogens is 1. The minimum Gasteiger partial charge on any atom is -0.488 e. The summed E-state index contributed by atoms with van der Waals surface area (Å²) in [6.45, 7) is 16.8. The van der Waals surface area contributed by atoms with Crippen LogP contribution in [0, 0.1) is 5.82 Å². The normalized spacial score (nSPS) is 12.4. The molecule has 5 nitrogen and oxygen atoms in total. The average molecular weight is 652 g/mol. The summed E-state index contributed by atoms with van der Waals surface area (Å²) in [6, 6.07) is 30.4. The lowest BCUT2D eigenvalue weighted by Crippen LogP contribution is -2.41. The first-order valence-electron chi connectivity index (χ1n) is 16.2. The summed E-state index contributed by atoms with van der Waals surface area (Å²) in [5.41, 5.74) is 5.93. The van der Waals surface area contributed by atoms with E-state index in [1.165, 1.54) is 19.2 Å². The Morgan fingerprint density at radius 3 is 2.11 bits per heavy atom. The van der Waals surface area contributed by atoms with Crippen molar-refractivity contribution in [2.24, 2.45) is 0 Å². The Labute approximate surface area is 279 Å². The van der Waals surface area contributed by atoms with Crippen LogP contribution in [0.25, 0.3) is 27.7 Å². The minimum absolute atomic E-state index is 0.0949. The molecule has 0 saturated heterocycles. The van der Waals surface area contributed by atoms with Gasteiger partial charge < -0.3 is 18.5 Å². The van der Waals surface area contributed by atoms with Crippen molar-refractivity contribution in [2.45, 2.75) is 71.2 Å². The average Bonchev–Trinajstić information content (AvgIpc) is 3.40. The summed E-state index contributed by atoms with van der Waals surface area (Å²) in [6.07, 6.45) is 0.754. The molecule has 47 heavy (non-hydrogen) atoms. The Kier molecular flexibility index (Phi) is 9.80. The molecule has 1 aromatic heterocycles. The van der Waals surface area contributed by atoms with Gasteiger partial charge >= 0.3 is 5.97 Å². The van der Waals surface area contributed by atoms with E-state index in [2.05, 4.69) is 58.3 Å². The van der Waals surface area contributed by atoms with Crippen LogP contribution < -0.4 is 4.74 Å². The lowest BCUT2D eigenvalue weighted by Gasteiger charge is -2.37. The third-order valence-electron chi connectivity index (χ3n) is 9.51. The van der Waals surface area contributed by atoms with E-state index >= 15 is 0 Å². The monoisotopic (exact) mass is 651 g/mol. The molecule has 0 fully saturated rings. The maximum Gasteiger partial charge on any atom is 0.337 e. The SMILES string of the molecule is COC(=O)c1ccc(-c2c(C(C)(C)CCO[Si](C)(C)C(C)(C)C)n(-c3ccc(F)cc3)c3cccc(OCc4ccccc4)c23)cc1. The number of hydrogen-bond donors (Lipinski definition) is 0. The second kappa shape index (κ2) is 13.5. The largest absolute Gasteiger partial charge is 0.488 e. The Morgan fingerprint density at radius 2 is 1.49 bits per heavy atom. The standard InChI is InChI=1S/C40H46FNO4Si/c1-39(2,3)47(7,8)46-26-25-40(4,5)37-35(29-17-19-30(20-18-29)38(43)44-6)36-33(42(37)32-23-21-31(41)22-24-32)15-12-16-34(36)45-27-28-13-10-9-11-14-28/h9-24H,25-27H2,1-8H3. The van der Waals surface area contributed by atoms with Crippen LogP contribution in [-0.4, -0.2) is 32.6 Å². The Balaban J connectivity index is 1.75. The summed E-state index contributed by atoms with van der Waals surface area (Å²) in [7, 11) is -0.599. The fraction of sp³-hybridized carbons (Fsp3) is 0.325. The fourth-order valence-electron chi connectivity index (χ4n) is 5.73. The van der Waals surface area contributed by atoms with Crippen LogP contribution in [0.15, 0.2) is 97.1 Å². The highest BCUT2D eigenvalue weighted by atomic mass is 28.4. The predicted octanol–water partition coefficient (Wildman–Crippen LogP) is 10.5. The molecule has 4 aromatic carbocycles. The highest BCUT2D eigenvalue weighted by Crippen LogP contribution is 2.48. The molecule has 7 heteroatoms. The first-order valence-corrected chi connectivity index (χ1v) is 19.1. The van der Waals surface area contributed by atoms with Crippen LogP contribution in [0.4, 0.5) is 4.39 Å². The molecule has 0 saturated carbocycles. The first-order chi connectivity index (χ1) is 22.2. The number of halogens is 1. The summed E-state index contributed by atoms with van der Waals surface area (Å²) in [4.78, 5) is 12.4. The molecule has 0 bridgehead atoms. The van der Waals surface area contributed by atoms with Crippen molar-refractivity contribution in [3.8, 4) is 22.6 Å². The molecule has 0 unspecified atom stereocenters. The maximum absolute atomic E-state index is 14.3. The van der Waals surface area contributed by atoms with Gasteiger partial charge in [-0.1, -0.05) is 83.1 Å². The van der Waals surface area contributed by atoms with Gasteiger partial charge in [0.25, 0.3) is 0 Å². The van der Waals surface area contributed by atoms with Crippen molar-refractivity contribution in [3.63, 3.8) is 0 Å². The number of ether oxygens (including phenoxy) is 2. The van der Waals surface area contributed by atoms with Gasteiger partial charge in [0, 0.05) is 29.0 Å². The van der Waals surface area contributed by atoms with Gasteiger partial charge in [0.1, 0.15) is 18.2 Å². The Bertz CT molecular complexity index is 1840. The number of carbonyl (C=O) groups excluding carboxylic acids is 1. The first kappa shape index (κ1) is 34.1. The zero-order chi connectivity index (χ0) is 34.0. The minimum atomic E-state index is -1.98. The molecule has 1 heterocycles. The zero-order valence-electron chi connectivity index (χ0n) is 28.8. The zero-order valence-corrected chi connectivity index (χ0v) is 29.8. The van der Waals surface area contributed by atoms with E-state index in [9.17, 15) is 9.18 Å². The molecule has 0 spiro atoms. The molecule has 0 N–H and O–H groups in total. The Morgan fingerprint density at radius 1 is 0.830 bits per heavy atom. The molecular weight excluding hydrogens is 606 g/mol. The van der Waals surface area contributed by atoms with Crippen molar-refractivity contribution >= 4 is 25.2 Å². The second-order valence-electron chi connectivity index (χ2n) is 14.3. The second-order valence-corrected chi connectivity index (χ2v) is 19.1. The topological polar surface area (TPSA) is 49.7 Å². The molecule has 5 rings (SSSR count). The summed E-state index contributed by atoms with van der Waals surface area (Å²) < 4.78 is 34.8. The third kappa shape index (κ3) is 7.21. The van der Waals surface area contributed by atoms with Crippen LogP contribution in [0.3, 0.4) is 0 Å². The van der Waals surface area contributed by atoms with Crippen molar-refractivity contribution in [3.05, 3.63) is 120 Å². The van der Waals surface area contributed by atoms with E-state index < -0.39 is 13.7 Å². The third-order valence-corrected chi connectivity index (χ3v) is 14.0. The number of nitrogens with zero attached hydrogens (tertiary/aromatic N) is 1. The van der Waals surface area contributed by atoms with Crippen molar-refractivity contribution in [2.75, 3.05) is 13.7 Å². The quantitative estimate of drug-likeness (QED) is 0.105. The highest BCUT2D eigenvalue weighted by molar-refractivity contribution is 6.74. The number of fused-ring (bicyclic) bond motifs is 1. The van der Waals surface area contributed by atoms with Gasteiger partial charge in [-0.3, -0.25) is 0 Å². The van der Waals surface area contributed by atoms with Crippen molar-refractivity contribution in [1.29, 1.82) is 0 Å². The number of hydrogen-bond acceptors (Lipinski definition) is 4. The predicted molar refractivity (Wildman–Crippen MR) is 192 cm³/mol. The Hall–Kier alpha value is -4.20. The van der Waals surface area contributed by atoms with Gasteiger partial charge in [0.15, 0.2) is 8.32 Å². The van der Waals surface area contributed by atoms with Gasteiger partial charge in [0.05, 0.1) is 23.6 Å². The van der Waals surface area contributed by atoms with Crippen LogP contribution in [-0.2, 0) is 21.2 Å². The van der Waals surface area contributed by atoms with E-state index in [0.29, 0.717) is 18.8 Å². The number of carbonyl (C=O) groups is 1. The van der Waals surface area contributed by atoms with Crippen LogP contribution >= 0.6 is 0 Å². The molecule has 5 aromatic rings. The molecule has 0 atom stereocenters. The van der Waals surface area contributed by atoms with E-state index in [1.54, 1.807) is 12.1 Å². The van der Waals surface area contributed by atoms with E-state index in [4.69, 9.17) is 13.9 Å². The van der Waals surface area contributed by atoms with Crippen LogP contribution in [0.2, 0.25) is 18.1 Å². The smallest absolute Gasteiger partial charge is 0.337 e. The lowest BCUT2D eigenvalue weighted by atomic mass is 9.81. The summed E-state index contributed by atoms with van der Waals surface area (Å²) >= 11 is 0. The van der Waals surface area contributed by atoms with Gasteiger partial charge in [-0.05, 0) is 84.2 Å². The molecule has 246 valence electrons. The molecular formula is C40H46FNO4Si. The number of benzene rings is 4. The van der Waals surface area contributed by atoms with E-state index in [1.807, 2.05) is 66.7 Å². The summed E-state index contributed by atoms with van der Waals surface area (Å²) in [5.74, 6) is 0.0636. The van der Waals surface area contributed by atoms with Gasteiger partial charge in [-0.25, -0.2) is 9.18 Å². The van der Waals surface area contributed by atoms with Gasteiger partial charge in [-0.15, -0.1) is 0 Å². The molecule has 0 radical (unpaired) electrons. The van der Waals surface area contributed by atoms with E-state index in [-0.39, 0.29) is 16.8 Å². The van der Waals surface area contributed by atoms with Crippen LogP contribution in [0.1, 0.15) is 62.7 Å². The molecule has 0 amide bonds.